The maximum atomic E-state index is 11.8. The summed E-state index contributed by atoms with van der Waals surface area (Å²) in [7, 11) is -3.75. The zero-order valence-electron chi connectivity index (χ0n) is 15.8. The summed E-state index contributed by atoms with van der Waals surface area (Å²) >= 11 is 1.70. The normalized spacial score (nSPS) is 15.7. The summed E-state index contributed by atoms with van der Waals surface area (Å²) < 4.78 is 29.7. The average Bonchev–Trinajstić information content (AvgIpc) is 2.63. The van der Waals surface area contributed by atoms with Crippen molar-refractivity contribution in [1.82, 2.24) is 4.90 Å². The van der Waals surface area contributed by atoms with Gasteiger partial charge in [0.1, 0.15) is 11.5 Å². The van der Waals surface area contributed by atoms with Crippen LogP contribution in [0, 0.1) is 6.92 Å². The maximum Gasteiger partial charge on any atom is 0.238 e. The second kappa shape index (κ2) is 8.65. The van der Waals surface area contributed by atoms with Crippen LogP contribution >= 0.6 is 11.8 Å². The summed E-state index contributed by atoms with van der Waals surface area (Å²) in [6.07, 6.45) is 5.63. The molecule has 0 aliphatic carbocycles. The molecule has 1 aliphatic heterocycles. The molecule has 0 spiro atoms. The number of piperidine rings is 1. The van der Waals surface area contributed by atoms with E-state index in [2.05, 4.69) is 11.8 Å². The van der Waals surface area contributed by atoms with E-state index in [0.717, 1.165) is 30.0 Å². The van der Waals surface area contributed by atoms with Gasteiger partial charge in [0.05, 0.1) is 4.90 Å². The van der Waals surface area contributed by atoms with Crippen molar-refractivity contribution in [3.8, 4) is 11.5 Å². The zero-order chi connectivity index (χ0) is 19.4. The van der Waals surface area contributed by atoms with Crippen LogP contribution in [0.2, 0.25) is 0 Å². The SMILES string of the molecule is CSc1ccc(Oc2ccc(S(N)(=O)=O)cc2CN2CCCCC2)cc1C. The molecule has 0 amide bonds. The number of nitrogens with zero attached hydrogens (tertiary/aromatic N) is 1. The van der Waals surface area contributed by atoms with Crippen LogP contribution in [0.4, 0.5) is 0 Å². The summed E-state index contributed by atoms with van der Waals surface area (Å²) in [6, 6.07) is 10.8. The molecule has 7 heteroatoms. The lowest BCUT2D eigenvalue weighted by atomic mass is 10.1. The number of ether oxygens (including phenoxy) is 1. The van der Waals surface area contributed by atoms with Crippen LogP contribution < -0.4 is 9.88 Å². The molecule has 0 bridgehead atoms. The molecule has 0 saturated carbocycles. The number of benzene rings is 2. The van der Waals surface area contributed by atoms with E-state index in [-0.39, 0.29) is 4.90 Å². The third-order valence-electron chi connectivity index (χ3n) is 4.80. The second-order valence-corrected chi connectivity index (χ2v) is 9.29. The number of sulfonamides is 1. The molecular weight excluding hydrogens is 380 g/mol. The van der Waals surface area contributed by atoms with E-state index in [9.17, 15) is 8.42 Å². The van der Waals surface area contributed by atoms with Gasteiger partial charge >= 0.3 is 0 Å². The average molecular weight is 407 g/mol. The van der Waals surface area contributed by atoms with Gasteiger partial charge in [-0.25, -0.2) is 13.6 Å². The number of rotatable bonds is 6. The van der Waals surface area contributed by atoms with Crippen molar-refractivity contribution in [2.24, 2.45) is 5.14 Å². The summed E-state index contributed by atoms with van der Waals surface area (Å²) in [6.45, 7) is 4.74. The monoisotopic (exact) mass is 406 g/mol. The van der Waals surface area contributed by atoms with E-state index < -0.39 is 10.0 Å². The highest BCUT2D eigenvalue weighted by Gasteiger charge is 2.17. The van der Waals surface area contributed by atoms with Gasteiger partial charge < -0.3 is 4.74 Å². The number of aryl methyl sites for hydroxylation is 1. The Morgan fingerprint density at radius 3 is 2.48 bits per heavy atom. The molecule has 2 aromatic rings. The summed E-state index contributed by atoms with van der Waals surface area (Å²) in [5.74, 6) is 1.41. The van der Waals surface area contributed by atoms with E-state index in [4.69, 9.17) is 9.88 Å². The van der Waals surface area contributed by atoms with Crippen molar-refractivity contribution >= 4 is 21.8 Å². The molecule has 146 valence electrons. The molecule has 0 atom stereocenters. The van der Waals surface area contributed by atoms with Gasteiger partial charge in [0.2, 0.25) is 10.0 Å². The van der Waals surface area contributed by atoms with Crippen LogP contribution in [0.15, 0.2) is 46.2 Å². The van der Waals surface area contributed by atoms with Crippen LogP contribution in [-0.4, -0.2) is 32.7 Å². The fourth-order valence-electron chi connectivity index (χ4n) is 3.36. The molecule has 2 N–H and O–H groups in total. The zero-order valence-corrected chi connectivity index (χ0v) is 17.4. The molecule has 0 unspecified atom stereocenters. The van der Waals surface area contributed by atoms with Gasteiger partial charge in [-0.3, -0.25) is 4.90 Å². The van der Waals surface area contributed by atoms with Gasteiger partial charge in [0, 0.05) is 17.0 Å². The highest BCUT2D eigenvalue weighted by molar-refractivity contribution is 7.98. The van der Waals surface area contributed by atoms with Crippen molar-refractivity contribution in [2.75, 3.05) is 19.3 Å². The molecular formula is C20H26N2O3S2. The first kappa shape index (κ1) is 20.2. The van der Waals surface area contributed by atoms with Crippen molar-refractivity contribution in [2.45, 2.75) is 42.5 Å². The standard InChI is InChI=1S/C20H26N2O3S2/c1-15-12-17(6-9-20(15)26-2)25-19-8-7-18(27(21,23)24)13-16(19)14-22-10-4-3-5-11-22/h6-9,12-13H,3-5,10-11,14H2,1-2H3,(H2,21,23,24). The van der Waals surface area contributed by atoms with Crippen LogP contribution in [-0.2, 0) is 16.6 Å². The second-order valence-electron chi connectivity index (χ2n) is 6.88. The van der Waals surface area contributed by atoms with Crippen molar-refractivity contribution in [1.29, 1.82) is 0 Å². The molecule has 1 aliphatic rings. The minimum absolute atomic E-state index is 0.121. The van der Waals surface area contributed by atoms with Crippen molar-refractivity contribution in [3.63, 3.8) is 0 Å². The fraction of sp³-hybridized carbons (Fsp3) is 0.400. The summed E-state index contributed by atoms with van der Waals surface area (Å²) in [5.41, 5.74) is 1.99. The Hall–Kier alpha value is -1.54. The maximum absolute atomic E-state index is 11.8. The Labute approximate surface area is 165 Å². The predicted molar refractivity (Wildman–Crippen MR) is 110 cm³/mol. The Morgan fingerprint density at radius 1 is 1.11 bits per heavy atom. The molecule has 1 heterocycles. The van der Waals surface area contributed by atoms with E-state index in [1.165, 1.54) is 30.2 Å². The Balaban J connectivity index is 1.91. The van der Waals surface area contributed by atoms with Crippen molar-refractivity contribution < 1.29 is 13.2 Å². The molecule has 3 rings (SSSR count). The summed E-state index contributed by atoms with van der Waals surface area (Å²) in [4.78, 5) is 3.66. The number of primary sulfonamides is 1. The van der Waals surface area contributed by atoms with Crippen LogP contribution in [0.3, 0.4) is 0 Å². The fourth-order valence-corrected chi connectivity index (χ4v) is 4.50. The molecule has 1 fully saturated rings. The van der Waals surface area contributed by atoms with Crippen molar-refractivity contribution in [3.05, 3.63) is 47.5 Å². The molecule has 0 radical (unpaired) electrons. The van der Waals surface area contributed by atoms with E-state index >= 15 is 0 Å². The molecule has 27 heavy (non-hydrogen) atoms. The van der Waals surface area contributed by atoms with Gasteiger partial charge in [0.25, 0.3) is 0 Å². The predicted octanol–water partition coefficient (Wildman–Crippen LogP) is 4.14. The first-order valence-electron chi connectivity index (χ1n) is 9.07. The Kier molecular flexibility index (Phi) is 6.47. The lowest BCUT2D eigenvalue weighted by Crippen LogP contribution is -2.29. The van der Waals surface area contributed by atoms with Crippen LogP contribution in [0.1, 0.15) is 30.4 Å². The number of likely N-dealkylation sites (tertiary alicyclic amines) is 1. The Morgan fingerprint density at radius 2 is 1.85 bits per heavy atom. The molecule has 5 nitrogen and oxygen atoms in total. The lowest BCUT2D eigenvalue weighted by Gasteiger charge is -2.27. The first-order chi connectivity index (χ1) is 12.9. The largest absolute Gasteiger partial charge is 0.457 e. The van der Waals surface area contributed by atoms with Gasteiger partial charge in [0.15, 0.2) is 0 Å². The molecule has 0 aromatic heterocycles. The van der Waals surface area contributed by atoms with Gasteiger partial charge in [-0.1, -0.05) is 6.42 Å². The number of hydrogen-bond acceptors (Lipinski definition) is 5. The number of hydrogen-bond donors (Lipinski definition) is 1. The smallest absolute Gasteiger partial charge is 0.238 e. The Bertz CT molecular complexity index is 907. The highest BCUT2D eigenvalue weighted by atomic mass is 32.2. The number of thioether (sulfide) groups is 1. The van der Waals surface area contributed by atoms with Gasteiger partial charge in [-0.15, -0.1) is 11.8 Å². The van der Waals surface area contributed by atoms with E-state index in [1.54, 1.807) is 23.9 Å². The quantitative estimate of drug-likeness (QED) is 0.730. The van der Waals surface area contributed by atoms with E-state index in [1.807, 2.05) is 24.5 Å². The molecule has 2 aromatic carbocycles. The highest BCUT2D eigenvalue weighted by Crippen LogP contribution is 2.31. The number of nitrogens with two attached hydrogens (primary N) is 1. The van der Waals surface area contributed by atoms with Gasteiger partial charge in [-0.2, -0.15) is 0 Å². The molecule has 1 saturated heterocycles. The lowest BCUT2D eigenvalue weighted by molar-refractivity contribution is 0.219. The summed E-state index contributed by atoms with van der Waals surface area (Å²) in [5, 5.41) is 5.33. The topological polar surface area (TPSA) is 72.6 Å². The van der Waals surface area contributed by atoms with Gasteiger partial charge in [-0.05, 0) is 81.1 Å². The third kappa shape index (κ3) is 5.25. The first-order valence-corrected chi connectivity index (χ1v) is 11.8. The third-order valence-corrected chi connectivity index (χ3v) is 6.61. The minimum atomic E-state index is -3.75. The van der Waals surface area contributed by atoms with E-state index in [0.29, 0.717) is 12.3 Å². The minimum Gasteiger partial charge on any atom is -0.457 e. The van der Waals surface area contributed by atoms with Crippen LogP contribution in [0.25, 0.3) is 0 Å². The van der Waals surface area contributed by atoms with Crippen LogP contribution in [0.5, 0.6) is 11.5 Å².